The number of aromatic nitrogens is 1. The van der Waals surface area contributed by atoms with E-state index in [0.717, 1.165) is 23.2 Å². The molecule has 1 aromatic heterocycles. The summed E-state index contributed by atoms with van der Waals surface area (Å²) in [6.07, 6.45) is 3.25. The van der Waals surface area contributed by atoms with Crippen molar-refractivity contribution in [2.24, 2.45) is 0 Å². The third-order valence-electron chi connectivity index (χ3n) is 3.08. The number of nitrogens with zero attached hydrogens (tertiary/aromatic N) is 1. The lowest BCUT2D eigenvalue weighted by Gasteiger charge is -2.17. The van der Waals surface area contributed by atoms with Gasteiger partial charge in [0.05, 0.1) is 0 Å². The monoisotopic (exact) mass is 277 g/mol. The molecule has 5 heteroatoms. The van der Waals surface area contributed by atoms with E-state index in [4.69, 9.17) is 0 Å². The van der Waals surface area contributed by atoms with Gasteiger partial charge in [-0.15, -0.1) is 0 Å². The fraction of sp³-hybridized carbons (Fsp3) is 0.533. The number of hydrogen-bond donors (Lipinski definition) is 2. The van der Waals surface area contributed by atoms with Gasteiger partial charge in [-0.25, -0.2) is 0 Å². The molecule has 2 amide bonds. The van der Waals surface area contributed by atoms with Crippen LogP contribution in [0.15, 0.2) is 12.3 Å². The normalized spacial score (nSPS) is 11.8. The summed E-state index contributed by atoms with van der Waals surface area (Å²) in [4.78, 5) is 27.4. The molecule has 0 radical (unpaired) electrons. The molecule has 0 saturated heterocycles. The molecule has 1 heterocycles. The van der Waals surface area contributed by atoms with Crippen molar-refractivity contribution in [2.75, 3.05) is 0 Å². The second-order valence-corrected chi connectivity index (χ2v) is 5.01. The minimum absolute atomic E-state index is 0.151. The van der Waals surface area contributed by atoms with E-state index in [9.17, 15) is 9.59 Å². The van der Waals surface area contributed by atoms with Crippen LogP contribution in [0.2, 0.25) is 0 Å². The number of pyridine rings is 1. The van der Waals surface area contributed by atoms with Crippen LogP contribution in [0.5, 0.6) is 0 Å². The van der Waals surface area contributed by atoms with E-state index in [1.807, 2.05) is 26.8 Å². The molecule has 0 aliphatic heterocycles. The molecule has 5 nitrogen and oxygen atoms in total. The maximum Gasteiger partial charge on any atom is 0.242 e. The number of hydrogen-bond acceptors (Lipinski definition) is 3. The van der Waals surface area contributed by atoms with Crippen LogP contribution in [0.1, 0.15) is 43.5 Å². The standard InChI is InChI=1S/C15H23N3O2/c1-5-6-14(18-12(4)19)15(20)17-9-13-8-16-11(3)7-10(13)2/h7-8,14H,5-6,9H2,1-4H3,(H,17,20)(H,18,19)/t14-/m0/s1. The van der Waals surface area contributed by atoms with Crippen molar-refractivity contribution in [1.82, 2.24) is 15.6 Å². The number of carbonyl (C=O) groups is 2. The number of nitrogens with one attached hydrogen (secondary N) is 2. The summed E-state index contributed by atoms with van der Waals surface area (Å²) in [5.74, 6) is -0.339. The Hall–Kier alpha value is -1.91. The van der Waals surface area contributed by atoms with Gasteiger partial charge in [-0.1, -0.05) is 13.3 Å². The highest BCUT2D eigenvalue weighted by Crippen LogP contribution is 2.07. The largest absolute Gasteiger partial charge is 0.350 e. The van der Waals surface area contributed by atoms with Gasteiger partial charge in [-0.2, -0.15) is 0 Å². The minimum atomic E-state index is -0.462. The van der Waals surface area contributed by atoms with E-state index >= 15 is 0 Å². The SMILES string of the molecule is CCC[C@H](NC(C)=O)C(=O)NCc1cnc(C)cc1C. The maximum atomic E-state index is 12.1. The zero-order valence-corrected chi connectivity index (χ0v) is 12.6. The van der Waals surface area contributed by atoms with Gasteiger partial charge in [0.25, 0.3) is 0 Å². The third kappa shape index (κ3) is 4.99. The second kappa shape index (κ2) is 7.62. The van der Waals surface area contributed by atoms with Crippen molar-refractivity contribution in [1.29, 1.82) is 0 Å². The molecule has 0 unspecified atom stereocenters. The smallest absolute Gasteiger partial charge is 0.242 e. The molecular weight excluding hydrogens is 254 g/mol. The molecule has 20 heavy (non-hydrogen) atoms. The van der Waals surface area contributed by atoms with Gasteiger partial charge in [0.15, 0.2) is 0 Å². The van der Waals surface area contributed by atoms with E-state index in [0.29, 0.717) is 13.0 Å². The topological polar surface area (TPSA) is 71.1 Å². The molecule has 0 spiro atoms. The van der Waals surface area contributed by atoms with Gasteiger partial charge in [-0.3, -0.25) is 14.6 Å². The fourth-order valence-electron chi connectivity index (χ4n) is 2.02. The Labute approximate surface area is 120 Å². The van der Waals surface area contributed by atoms with Gasteiger partial charge in [0, 0.05) is 25.4 Å². The summed E-state index contributed by atoms with van der Waals surface area (Å²) in [7, 11) is 0. The van der Waals surface area contributed by atoms with Crippen molar-refractivity contribution in [2.45, 2.75) is 53.1 Å². The summed E-state index contributed by atoms with van der Waals surface area (Å²) < 4.78 is 0. The van der Waals surface area contributed by atoms with Gasteiger partial charge in [-0.05, 0) is 37.5 Å². The third-order valence-corrected chi connectivity index (χ3v) is 3.08. The summed E-state index contributed by atoms with van der Waals surface area (Å²) in [6.45, 7) is 7.76. The molecule has 1 atom stereocenters. The van der Waals surface area contributed by atoms with Crippen molar-refractivity contribution in [3.63, 3.8) is 0 Å². The Balaban J connectivity index is 2.62. The zero-order chi connectivity index (χ0) is 15.1. The molecule has 0 aromatic carbocycles. The predicted octanol–water partition coefficient (Wildman–Crippen LogP) is 1.62. The molecule has 1 rings (SSSR count). The first-order valence-electron chi connectivity index (χ1n) is 6.91. The number of carbonyl (C=O) groups excluding carboxylic acids is 2. The average molecular weight is 277 g/mol. The zero-order valence-electron chi connectivity index (χ0n) is 12.6. The second-order valence-electron chi connectivity index (χ2n) is 5.01. The number of aryl methyl sites for hydroxylation is 2. The Bertz CT molecular complexity index is 486. The average Bonchev–Trinajstić information content (AvgIpc) is 2.36. The molecule has 0 bridgehead atoms. The molecule has 0 saturated carbocycles. The van der Waals surface area contributed by atoms with Gasteiger partial charge >= 0.3 is 0 Å². The van der Waals surface area contributed by atoms with Crippen molar-refractivity contribution in [3.8, 4) is 0 Å². The molecule has 2 N–H and O–H groups in total. The van der Waals surface area contributed by atoms with E-state index in [2.05, 4.69) is 15.6 Å². The highest BCUT2D eigenvalue weighted by atomic mass is 16.2. The molecule has 0 fully saturated rings. The highest BCUT2D eigenvalue weighted by molar-refractivity contribution is 5.86. The van der Waals surface area contributed by atoms with Crippen molar-refractivity contribution >= 4 is 11.8 Å². The quantitative estimate of drug-likeness (QED) is 0.830. The Kier molecular flexibility index (Phi) is 6.15. The number of rotatable bonds is 6. The van der Waals surface area contributed by atoms with E-state index in [1.165, 1.54) is 6.92 Å². The van der Waals surface area contributed by atoms with Gasteiger partial charge in [0.2, 0.25) is 11.8 Å². The van der Waals surface area contributed by atoms with Crippen LogP contribution >= 0.6 is 0 Å². The Morgan fingerprint density at radius 2 is 2.05 bits per heavy atom. The molecule has 1 aromatic rings. The first-order valence-corrected chi connectivity index (χ1v) is 6.91. The fourth-order valence-corrected chi connectivity index (χ4v) is 2.02. The maximum absolute atomic E-state index is 12.1. The lowest BCUT2D eigenvalue weighted by Crippen LogP contribution is -2.45. The van der Waals surface area contributed by atoms with E-state index < -0.39 is 6.04 Å². The highest BCUT2D eigenvalue weighted by Gasteiger charge is 2.18. The Morgan fingerprint density at radius 3 is 2.60 bits per heavy atom. The lowest BCUT2D eigenvalue weighted by atomic mass is 10.1. The minimum Gasteiger partial charge on any atom is -0.350 e. The van der Waals surface area contributed by atoms with Crippen LogP contribution in [0.4, 0.5) is 0 Å². The van der Waals surface area contributed by atoms with Crippen LogP contribution in [0.3, 0.4) is 0 Å². The van der Waals surface area contributed by atoms with Gasteiger partial charge in [0.1, 0.15) is 6.04 Å². The van der Waals surface area contributed by atoms with Crippen LogP contribution in [-0.4, -0.2) is 22.8 Å². The molecule has 0 aliphatic carbocycles. The molecular formula is C15H23N3O2. The van der Waals surface area contributed by atoms with Crippen molar-refractivity contribution < 1.29 is 9.59 Å². The summed E-state index contributed by atoms with van der Waals surface area (Å²) in [5, 5.41) is 5.53. The van der Waals surface area contributed by atoms with Crippen molar-refractivity contribution in [3.05, 3.63) is 29.1 Å². The summed E-state index contributed by atoms with van der Waals surface area (Å²) in [5.41, 5.74) is 3.05. The van der Waals surface area contributed by atoms with Crippen LogP contribution in [0, 0.1) is 13.8 Å². The van der Waals surface area contributed by atoms with E-state index in [-0.39, 0.29) is 11.8 Å². The summed E-state index contributed by atoms with van der Waals surface area (Å²) in [6, 6.07) is 1.52. The number of amides is 2. The molecule has 110 valence electrons. The molecule has 0 aliphatic rings. The first kappa shape index (κ1) is 16.1. The van der Waals surface area contributed by atoms with E-state index in [1.54, 1.807) is 6.20 Å². The van der Waals surface area contributed by atoms with Gasteiger partial charge < -0.3 is 10.6 Å². The van der Waals surface area contributed by atoms with Crippen LogP contribution in [-0.2, 0) is 16.1 Å². The lowest BCUT2D eigenvalue weighted by molar-refractivity contribution is -0.128. The first-order chi connectivity index (χ1) is 9.43. The van der Waals surface area contributed by atoms with Crippen LogP contribution in [0.25, 0.3) is 0 Å². The summed E-state index contributed by atoms with van der Waals surface area (Å²) >= 11 is 0. The Morgan fingerprint density at radius 1 is 1.35 bits per heavy atom. The predicted molar refractivity (Wildman–Crippen MR) is 78.1 cm³/mol. The van der Waals surface area contributed by atoms with Crippen LogP contribution < -0.4 is 10.6 Å².